The van der Waals surface area contributed by atoms with Crippen LogP contribution in [0.4, 0.5) is 0 Å². The Morgan fingerprint density at radius 3 is 2.34 bits per heavy atom. The summed E-state index contributed by atoms with van der Waals surface area (Å²) in [6.07, 6.45) is 6.49. The van der Waals surface area contributed by atoms with Gasteiger partial charge in [-0.3, -0.25) is 9.59 Å². The molecule has 5 rings (SSSR count). The van der Waals surface area contributed by atoms with Gasteiger partial charge in [-0.25, -0.2) is 0 Å². The first kappa shape index (κ1) is 25.1. The van der Waals surface area contributed by atoms with E-state index in [-0.39, 0.29) is 30.7 Å². The van der Waals surface area contributed by atoms with Crippen LogP contribution >= 0.6 is 0 Å². The summed E-state index contributed by atoms with van der Waals surface area (Å²) in [7, 11) is 0. The van der Waals surface area contributed by atoms with Crippen LogP contribution in [-0.2, 0) is 14.3 Å². The Hall–Kier alpha value is -1.54. The number of esters is 1. The molecule has 7 heteroatoms. The fourth-order valence-electron chi connectivity index (χ4n) is 8.25. The molecular formula is C28H41NO6. The molecule has 4 N–H and O–H groups in total. The van der Waals surface area contributed by atoms with Gasteiger partial charge in [0.2, 0.25) is 0 Å². The summed E-state index contributed by atoms with van der Waals surface area (Å²) in [6.45, 7) is 11.3. The lowest BCUT2D eigenvalue weighted by Crippen LogP contribution is -2.68. The Morgan fingerprint density at radius 2 is 1.77 bits per heavy atom. The minimum atomic E-state index is -1.78. The van der Waals surface area contributed by atoms with Gasteiger partial charge in [0.1, 0.15) is 11.2 Å². The summed E-state index contributed by atoms with van der Waals surface area (Å²) >= 11 is 0. The summed E-state index contributed by atoms with van der Waals surface area (Å²) in [6, 6.07) is 0. The van der Waals surface area contributed by atoms with E-state index < -0.39 is 34.1 Å². The molecule has 1 spiro atoms. The molecule has 194 valence electrons. The minimum Gasteiger partial charge on any atom is -0.459 e. The number of hydrogen-bond donors (Lipinski definition) is 4. The first-order chi connectivity index (χ1) is 16.2. The molecule has 7 nitrogen and oxygen atoms in total. The Kier molecular flexibility index (Phi) is 5.55. The summed E-state index contributed by atoms with van der Waals surface area (Å²) in [4.78, 5) is 26.2. The molecule has 1 aliphatic heterocycles. The number of nitrogens with one attached hydrogen (secondary N) is 1. The summed E-state index contributed by atoms with van der Waals surface area (Å²) in [5, 5.41) is 37.4. The molecule has 0 aromatic heterocycles. The normalized spacial score (nSPS) is 43.8. The zero-order chi connectivity index (χ0) is 25.6. The molecule has 0 unspecified atom stereocenters. The molecule has 1 saturated heterocycles. The van der Waals surface area contributed by atoms with E-state index in [2.05, 4.69) is 5.32 Å². The summed E-state index contributed by atoms with van der Waals surface area (Å²) < 4.78 is 6.27. The SMILES string of the molecule is CC1=C[C@H]2[C@@]3(O)[C@H](C)C[C@@](C)(OC(=O)CC4CC5(CNC5)C4)C(C)(C)[C@@H]3C=C(CO)C[C@]2(O)C1=O. The fraction of sp³-hybridized carbons (Fsp3) is 0.786. The molecule has 2 saturated carbocycles. The van der Waals surface area contributed by atoms with Gasteiger partial charge < -0.3 is 25.4 Å². The molecule has 1 heterocycles. The van der Waals surface area contributed by atoms with Gasteiger partial charge in [-0.05, 0) is 61.5 Å². The lowest BCUT2D eigenvalue weighted by atomic mass is 9.48. The quantitative estimate of drug-likeness (QED) is 0.355. The first-order valence-electron chi connectivity index (χ1n) is 13.1. The van der Waals surface area contributed by atoms with E-state index in [0.29, 0.717) is 35.3 Å². The van der Waals surface area contributed by atoms with Crippen molar-refractivity contribution in [2.75, 3.05) is 19.7 Å². The third-order valence-electron chi connectivity index (χ3n) is 10.6. The summed E-state index contributed by atoms with van der Waals surface area (Å²) in [5.41, 5.74) is -3.44. The van der Waals surface area contributed by atoms with E-state index >= 15 is 0 Å². The van der Waals surface area contributed by atoms with Gasteiger partial charge in [-0.15, -0.1) is 0 Å². The smallest absolute Gasteiger partial charge is 0.306 e. The number of Topliss-reactive ketones (excluding diaryl/α,β-unsaturated/α-hetero) is 1. The van der Waals surface area contributed by atoms with Gasteiger partial charge in [-0.1, -0.05) is 32.9 Å². The lowest BCUT2D eigenvalue weighted by Gasteiger charge is -2.61. The number of rotatable bonds is 4. The van der Waals surface area contributed by atoms with Crippen LogP contribution in [0.15, 0.2) is 23.3 Å². The van der Waals surface area contributed by atoms with Crippen molar-refractivity contribution in [3.63, 3.8) is 0 Å². The van der Waals surface area contributed by atoms with Crippen LogP contribution in [-0.4, -0.2) is 63.6 Å². The number of ether oxygens (including phenoxy) is 1. The highest BCUT2D eigenvalue weighted by Gasteiger charge is 2.69. The topological polar surface area (TPSA) is 116 Å². The van der Waals surface area contributed by atoms with Crippen molar-refractivity contribution >= 4 is 11.8 Å². The summed E-state index contributed by atoms with van der Waals surface area (Å²) in [5.74, 6) is -1.94. The van der Waals surface area contributed by atoms with E-state index in [1.165, 1.54) is 0 Å². The Bertz CT molecular complexity index is 1000. The van der Waals surface area contributed by atoms with Crippen LogP contribution in [0.5, 0.6) is 0 Å². The van der Waals surface area contributed by atoms with E-state index in [1.54, 1.807) is 13.0 Å². The number of carbonyl (C=O) groups is 2. The lowest BCUT2D eigenvalue weighted by molar-refractivity contribution is -0.246. The Morgan fingerprint density at radius 1 is 1.11 bits per heavy atom. The zero-order valence-corrected chi connectivity index (χ0v) is 21.7. The van der Waals surface area contributed by atoms with Crippen LogP contribution in [0.25, 0.3) is 0 Å². The van der Waals surface area contributed by atoms with Crippen LogP contribution in [0.2, 0.25) is 0 Å². The maximum Gasteiger partial charge on any atom is 0.306 e. The van der Waals surface area contributed by atoms with Crippen LogP contribution in [0.1, 0.15) is 66.7 Å². The number of aliphatic hydroxyl groups is 3. The van der Waals surface area contributed by atoms with Gasteiger partial charge in [0.25, 0.3) is 0 Å². The van der Waals surface area contributed by atoms with Crippen molar-refractivity contribution in [1.82, 2.24) is 5.32 Å². The number of fused-ring (bicyclic) bond motifs is 3. The Labute approximate surface area is 208 Å². The van der Waals surface area contributed by atoms with Crippen molar-refractivity contribution in [3.8, 4) is 0 Å². The average molecular weight is 488 g/mol. The predicted molar refractivity (Wildman–Crippen MR) is 130 cm³/mol. The maximum atomic E-state index is 13.1. The first-order valence-corrected chi connectivity index (χ1v) is 13.1. The van der Waals surface area contributed by atoms with Crippen molar-refractivity contribution < 1.29 is 29.6 Å². The van der Waals surface area contributed by atoms with E-state index in [0.717, 1.165) is 25.9 Å². The minimum absolute atomic E-state index is 0.0166. The highest BCUT2D eigenvalue weighted by molar-refractivity contribution is 6.04. The third kappa shape index (κ3) is 3.38. The van der Waals surface area contributed by atoms with Gasteiger partial charge >= 0.3 is 5.97 Å². The molecular weight excluding hydrogens is 446 g/mol. The zero-order valence-electron chi connectivity index (χ0n) is 21.7. The standard InChI is InChI=1S/C28H41NO6/c1-16-6-21-27(33,23(16)32)12-19(13-30)7-20-24(3,4)25(5,9-17(2)28(20,21)34)35-22(31)8-18-10-26(11-18)14-29-15-26/h6-7,17-18,20-21,29-30,33-34H,8-15H2,1-5H3/t17-,20+,21-,25-,27-,28-/m1/s1. The number of aliphatic hydroxyl groups excluding tert-OH is 1. The van der Waals surface area contributed by atoms with Crippen LogP contribution < -0.4 is 5.32 Å². The second-order valence-electron chi connectivity index (χ2n) is 13.2. The van der Waals surface area contributed by atoms with Gasteiger partial charge in [0, 0.05) is 43.2 Å². The number of carbonyl (C=O) groups excluding carboxylic acids is 2. The van der Waals surface area contributed by atoms with E-state index in [9.17, 15) is 24.9 Å². The monoisotopic (exact) mass is 487 g/mol. The molecule has 0 amide bonds. The number of ketones is 1. The van der Waals surface area contributed by atoms with Crippen molar-refractivity contribution in [1.29, 1.82) is 0 Å². The molecule has 35 heavy (non-hydrogen) atoms. The molecule has 0 bridgehead atoms. The maximum absolute atomic E-state index is 13.1. The molecule has 6 atom stereocenters. The second kappa shape index (κ2) is 7.73. The van der Waals surface area contributed by atoms with Crippen molar-refractivity contribution in [3.05, 3.63) is 23.3 Å². The van der Waals surface area contributed by atoms with Crippen LogP contribution in [0, 0.1) is 34.5 Å². The molecule has 0 radical (unpaired) electrons. The van der Waals surface area contributed by atoms with E-state index in [4.69, 9.17) is 4.74 Å². The molecule has 0 aromatic carbocycles. The van der Waals surface area contributed by atoms with Crippen molar-refractivity contribution in [2.24, 2.45) is 34.5 Å². The average Bonchev–Trinajstić information content (AvgIpc) is 2.87. The predicted octanol–water partition coefficient (Wildman–Crippen LogP) is 2.29. The second-order valence-corrected chi connectivity index (χ2v) is 13.2. The molecule has 4 aliphatic carbocycles. The van der Waals surface area contributed by atoms with Crippen molar-refractivity contribution in [2.45, 2.75) is 83.5 Å². The third-order valence-corrected chi connectivity index (χ3v) is 10.6. The number of hydrogen-bond acceptors (Lipinski definition) is 7. The highest BCUT2D eigenvalue weighted by atomic mass is 16.6. The highest BCUT2D eigenvalue weighted by Crippen LogP contribution is 2.63. The molecule has 5 aliphatic rings. The molecule has 0 aromatic rings. The van der Waals surface area contributed by atoms with Gasteiger partial charge in [0.15, 0.2) is 5.78 Å². The fourth-order valence-corrected chi connectivity index (χ4v) is 8.25. The van der Waals surface area contributed by atoms with Crippen LogP contribution in [0.3, 0.4) is 0 Å². The van der Waals surface area contributed by atoms with E-state index in [1.807, 2.05) is 33.8 Å². The van der Waals surface area contributed by atoms with Gasteiger partial charge in [0.05, 0.1) is 12.2 Å². The Balaban J connectivity index is 1.45. The largest absolute Gasteiger partial charge is 0.459 e. The van der Waals surface area contributed by atoms with Gasteiger partial charge in [-0.2, -0.15) is 0 Å². The molecule has 3 fully saturated rings.